The van der Waals surface area contributed by atoms with E-state index >= 15 is 0 Å². The monoisotopic (exact) mass is 372 g/mol. The van der Waals surface area contributed by atoms with Gasteiger partial charge in [0.2, 0.25) is 10.0 Å². The SMILES string of the molecule is Cc1nc2c(c(N3CCCC3)n1)CN(S(=O)(=O)Cc1ccccc1)CC2. The van der Waals surface area contributed by atoms with Gasteiger partial charge in [-0.3, -0.25) is 0 Å². The molecule has 6 nitrogen and oxygen atoms in total. The number of hydrogen-bond donors (Lipinski definition) is 0. The molecule has 1 aromatic carbocycles. The van der Waals surface area contributed by atoms with Crippen LogP contribution in [0.3, 0.4) is 0 Å². The van der Waals surface area contributed by atoms with Gasteiger partial charge in [-0.15, -0.1) is 0 Å². The Hall–Kier alpha value is -1.99. The fourth-order valence-corrected chi connectivity index (χ4v) is 5.29. The van der Waals surface area contributed by atoms with E-state index < -0.39 is 10.0 Å². The Balaban J connectivity index is 1.62. The standard InChI is InChI=1S/C19H24N4O2S/c1-15-20-18-9-12-23(26(24,25)14-16-7-3-2-4-8-16)13-17(18)19(21-15)22-10-5-6-11-22/h2-4,7-8H,5-6,9-14H2,1H3. The van der Waals surface area contributed by atoms with Gasteiger partial charge in [0, 0.05) is 38.2 Å². The van der Waals surface area contributed by atoms with Crippen LogP contribution in [-0.4, -0.2) is 42.3 Å². The summed E-state index contributed by atoms with van der Waals surface area (Å²) in [4.78, 5) is 11.5. The summed E-state index contributed by atoms with van der Waals surface area (Å²) < 4.78 is 27.5. The van der Waals surface area contributed by atoms with Crippen LogP contribution in [0.15, 0.2) is 30.3 Å². The van der Waals surface area contributed by atoms with E-state index in [0.717, 1.165) is 54.4 Å². The molecule has 1 fully saturated rings. The molecule has 1 aromatic heterocycles. The predicted molar refractivity (Wildman–Crippen MR) is 101 cm³/mol. The Kier molecular flexibility index (Phi) is 4.67. The summed E-state index contributed by atoms with van der Waals surface area (Å²) in [5.74, 6) is 1.74. The Labute approximate surface area is 154 Å². The van der Waals surface area contributed by atoms with Gasteiger partial charge in [0.25, 0.3) is 0 Å². The summed E-state index contributed by atoms with van der Waals surface area (Å²) in [7, 11) is -3.37. The van der Waals surface area contributed by atoms with Crippen LogP contribution in [-0.2, 0) is 28.7 Å². The highest BCUT2D eigenvalue weighted by Crippen LogP contribution is 2.30. The molecule has 2 aliphatic heterocycles. The fraction of sp³-hybridized carbons (Fsp3) is 0.474. The minimum atomic E-state index is -3.37. The number of fused-ring (bicyclic) bond motifs is 1. The van der Waals surface area contributed by atoms with Crippen LogP contribution in [0, 0.1) is 6.92 Å². The Morgan fingerprint density at radius 2 is 1.77 bits per heavy atom. The van der Waals surface area contributed by atoms with E-state index in [1.165, 1.54) is 0 Å². The van der Waals surface area contributed by atoms with Gasteiger partial charge in [-0.25, -0.2) is 18.4 Å². The number of aryl methyl sites for hydroxylation is 1. The molecular formula is C19H24N4O2S. The summed E-state index contributed by atoms with van der Waals surface area (Å²) in [5, 5.41) is 0. The molecule has 4 rings (SSSR count). The summed E-state index contributed by atoms with van der Waals surface area (Å²) in [6, 6.07) is 9.36. The third-order valence-corrected chi connectivity index (χ3v) is 6.90. The molecule has 3 heterocycles. The number of hydrogen-bond acceptors (Lipinski definition) is 5. The second-order valence-electron chi connectivity index (χ2n) is 7.04. The van der Waals surface area contributed by atoms with Gasteiger partial charge in [0.15, 0.2) is 0 Å². The first-order valence-corrected chi connectivity index (χ1v) is 10.8. The number of anilines is 1. The molecule has 2 aromatic rings. The highest BCUT2D eigenvalue weighted by molar-refractivity contribution is 7.88. The lowest BCUT2D eigenvalue weighted by atomic mass is 10.1. The van der Waals surface area contributed by atoms with Crippen molar-refractivity contribution in [3.05, 3.63) is 53.0 Å². The zero-order valence-electron chi connectivity index (χ0n) is 15.1. The first kappa shape index (κ1) is 17.4. The lowest BCUT2D eigenvalue weighted by Crippen LogP contribution is -2.38. The van der Waals surface area contributed by atoms with E-state index in [0.29, 0.717) is 19.5 Å². The van der Waals surface area contributed by atoms with Crippen molar-refractivity contribution in [2.24, 2.45) is 0 Å². The second-order valence-corrected chi connectivity index (χ2v) is 9.01. The van der Waals surface area contributed by atoms with Crippen molar-refractivity contribution < 1.29 is 8.42 Å². The Morgan fingerprint density at radius 1 is 1.04 bits per heavy atom. The molecule has 1 saturated heterocycles. The molecule has 0 radical (unpaired) electrons. The molecule has 7 heteroatoms. The van der Waals surface area contributed by atoms with Gasteiger partial charge < -0.3 is 4.90 Å². The van der Waals surface area contributed by atoms with Gasteiger partial charge >= 0.3 is 0 Å². The van der Waals surface area contributed by atoms with Crippen molar-refractivity contribution in [2.75, 3.05) is 24.5 Å². The van der Waals surface area contributed by atoms with Crippen LogP contribution in [0.1, 0.15) is 35.5 Å². The van der Waals surface area contributed by atoms with Crippen molar-refractivity contribution in [3.63, 3.8) is 0 Å². The van der Waals surface area contributed by atoms with Crippen molar-refractivity contribution >= 4 is 15.8 Å². The summed E-state index contributed by atoms with van der Waals surface area (Å²) in [5.41, 5.74) is 2.81. The minimum absolute atomic E-state index is 0.0366. The number of aromatic nitrogens is 2. The lowest BCUT2D eigenvalue weighted by Gasteiger charge is -2.31. The molecule has 0 aliphatic carbocycles. The Morgan fingerprint density at radius 3 is 2.50 bits per heavy atom. The second kappa shape index (κ2) is 6.96. The van der Waals surface area contributed by atoms with Crippen LogP contribution in [0.25, 0.3) is 0 Å². The number of benzene rings is 1. The van der Waals surface area contributed by atoms with Gasteiger partial charge in [0.05, 0.1) is 11.4 Å². The van der Waals surface area contributed by atoms with Crippen molar-refractivity contribution in [1.82, 2.24) is 14.3 Å². The number of rotatable bonds is 4. The van der Waals surface area contributed by atoms with Crippen molar-refractivity contribution in [1.29, 1.82) is 0 Å². The quantitative estimate of drug-likeness (QED) is 0.824. The van der Waals surface area contributed by atoms with E-state index in [-0.39, 0.29) is 5.75 Å². The number of sulfonamides is 1. The predicted octanol–water partition coefficient (Wildman–Crippen LogP) is 2.27. The summed E-state index contributed by atoms with van der Waals surface area (Å²) in [6.07, 6.45) is 2.97. The third kappa shape index (κ3) is 3.46. The van der Waals surface area contributed by atoms with E-state index in [1.54, 1.807) is 4.31 Å². The zero-order valence-corrected chi connectivity index (χ0v) is 15.9. The number of nitrogens with zero attached hydrogens (tertiary/aromatic N) is 4. The topological polar surface area (TPSA) is 66.4 Å². The average molecular weight is 372 g/mol. The molecule has 0 saturated carbocycles. The van der Waals surface area contributed by atoms with Crippen LogP contribution in [0.4, 0.5) is 5.82 Å². The maximum absolute atomic E-state index is 12.9. The van der Waals surface area contributed by atoms with Crippen LogP contribution in [0.2, 0.25) is 0 Å². The summed E-state index contributed by atoms with van der Waals surface area (Å²) in [6.45, 7) is 4.74. The van der Waals surface area contributed by atoms with Crippen molar-refractivity contribution in [3.8, 4) is 0 Å². The molecule has 0 spiro atoms. The maximum atomic E-state index is 12.9. The minimum Gasteiger partial charge on any atom is -0.356 e. The van der Waals surface area contributed by atoms with Crippen LogP contribution >= 0.6 is 0 Å². The first-order chi connectivity index (χ1) is 12.5. The van der Waals surface area contributed by atoms with Gasteiger partial charge in [-0.1, -0.05) is 30.3 Å². The van der Waals surface area contributed by atoms with E-state index in [4.69, 9.17) is 0 Å². The fourth-order valence-electron chi connectivity index (χ4n) is 3.80. The lowest BCUT2D eigenvalue weighted by molar-refractivity contribution is 0.386. The normalized spacial score (nSPS) is 18.1. The molecule has 0 unspecified atom stereocenters. The zero-order chi connectivity index (χ0) is 18.1. The Bertz CT molecular complexity index is 893. The molecule has 0 atom stereocenters. The average Bonchev–Trinajstić information content (AvgIpc) is 3.15. The molecule has 0 N–H and O–H groups in total. The van der Waals surface area contributed by atoms with Gasteiger partial charge in [-0.05, 0) is 25.3 Å². The summed E-state index contributed by atoms with van der Waals surface area (Å²) >= 11 is 0. The largest absolute Gasteiger partial charge is 0.356 e. The molecule has 0 bridgehead atoms. The maximum Gasteiger partial charge on any atom is 0.218 e. The van der Waals surface area contributed by atoms with Gasteiger partial charge in [0.1, 0.15) is 11.6 Å². The van der Waals surface area contributed by atoms with E-state index in [1.807, 2.05) is 37.3 Å². The highest BCUT2D eigenvalue weighted by atomic mass is 32.2. The van der Waals surface area contributed by atoms with Crippen LogP contribution < -0.4 is 4.90 Å². The van der Waals surface area contributed by atoms with E-state index in [2.05, 4.69) is 14.9 Å². The molecule has 26 heavy (non-hydrogen) atoms. The highest BCUT2D eigenvalue weighted by Gasteiger charge is 2.31. The molecular weight excluding hydrogens is 348 g/mol. The van der Waals surface area contributed by atoms with Crippen LogP contribution in [0.5, 0.6) is 0 Å². The molecule has 2 aliphatic rings. The van der Waals surface area contributed by atoms with E-state index in [9.17, 15) is 8.42 Å². The smallest absolute Gasteiger partial charge is 0.218 e. The van der Waals surface area contributed by atoms with Crippen molar-refractivity contribution in [2.45, 2.75) is 38.5 Å². The third-order valence-electron chi connectivity index (χ3n) is 5.11. The molecule has 138 valence electrons. The molecule has 0 amide bonds. The van der Waals surface area contributed by atoms with Gasteiger partial charge in [-0.2, -0.15) is 4.31 Å². The first-order valence-electron chi connectivity index (χ1n) is 9.16.